The van der Waals surface area contributed by atoms with Crippen LogP contribution in [0.25, 0.3) is 16.7 Å². The molecule has 1 N–H and O–H groups in total. The fourth-order valence-corrected chi connectivity index (χ4v) is 4.52. The van der Waals surface area contributed by atoms with Crippen LogP contribution in [0.4, 0.5) is 0 Å². The van der Waals surface area contributed by atoms with E-state index in [1.165, 1.54) is 18.1 Å². The number of carbonyl (C=O) groups excluding carboxylic acids is 2. The molecule has 1 aliphatic heterocycles. The summed E-state index contributed by atoms with van der Waals surface area (Å²) in [7, 11) is 7.19. The molecule has 1 unspecified atom stereocenters. The van der Waals surface area contributed by atoms with E-state index < -0.39 is 17.7 Å². The second kappa shape index (κ2) is 8.92. The Morgan fingerprint density at radius 3 is 2.61 bits per heavy atom. The number of Topliss-reactive ketones (excluding diaryl/α,β-unsaturated/α-hetero) is 1. The van der Waals surface area contributed by atoms with Crippen LogP contribution >= 0.6 is 11.6 Å². The highest BCUT2D eigenvalue weighted by Crippen LogP contribution is 2.43. The zero-order valence-electron chi connectivity index (χ0n) is 19.0. The molecule has 0 aliphatic carbocycles. The molecule has 2 aromatic carbocycles. The van der Waals surface area contributed by atoms with E-state index in [1.54, 1.807) is 12.1 Å². The molecule has 0 bridgehead atoms. The Hall–Kier alpha value is -3.29. The molecule has 0 saturated carbocycles. The smallest absolute Gasteiger partial charge is 0.295 e. The maximum Gasteiger partial charge on any atom is 0.295 e. The van der Waals surface area contributed by atoms with Crippen molar-refractivity contribution in [3.63, 3.8) is 0 Å². The number of para-hydroxylation sites is 1. The first-order chi connectivity index (χ1) is 15.7. The van der Waals surface area contributed by atoms with Gasteiger partial charge in [0.15, 0.2) is 0 Å². The molecule has 172 valence electrons. The second-order valence-electron chi connectivity index (χ2n) is 8.35. The number of aromatic nitrogens is 1. The molecule has 1 aromatic heterocycles. The number of benzene rings is 2. The number of rotatable bonds is 6. The van der Waals surface area contributed by atoms with Gasteiger partial charge in [-0.25, -0.2) is 0 Å². The molecule has 1 amide bonds. The fraction of sp³-hybridized carbons (Fsp3) is 0.280. The van der Waals surface area contributed by atoms with Gasteiger partial charge in [0.2, 0.25) is 0 Å². The van der Waals surface area contributed by atoms with Gasteiger partial charge >= 0.3 is 0 Å². The lowest BCUT2D eigenvalue weighted by molar-refractivity contribution is -0.140. The molecule has 7 nitrogen and oxygen atoms in total. The first kappa shape index (κ1) is 22.9. The van der Waals surface area contributed by atoms with Gasteiger partial charge in [-0.2, -0.15) is 0 Å². The molecule has 1 aliphatic rings. The lowest BCUT2D eigenvalue weighted by atomic mass is 9.94. The maximum atomic E-state index is 13.3. The third kappa shape index (κ3) is 3.98. The zero-order chi connectivity index (χ0) is 23.9. The second-order valence-corrected chi connectivity index (χ2v) is 8.79. The van der Waals surface area contributed by atoms with E-state index in [0.717, 1.165) is 16.5 Å². The van der Waals surface area contributed by atoms with Gasteiger partial charge in [-0.1, -0.05) is 29.8 Å². The van der Waals surface area contributed by atoms with Gasteiger partial charge in [0.25, 0.3) is 11.7 Å². The SMILES string of the molecule is COc1ccc(Cl)cc1/C(O)=C1\C(=O)C(=O)N(CCN(C)C)C1c1cn(C)c2ccccc12. The standard InChI is InChI=1S/C25H26ClN3O4/c1-27(2)11-12-29-22(18-14-28(3)19-8-6-5-7-16(18)19)21(24(31)25(29)32)23(30)17-13-15(26)9-10-20(17)33-4/h5-10,13-14,22,30H,11-12H2,1-4H3/b23-21+. The van der Waals surface area contributed by atoms with Crippen molar-refractivity contribution in [1.29, 1.82) is 0 Å². The molecule has 33 heavy (non-hydrogen) atoms. The first-order valence-corrected chi connectivity index (χ1v) is 10.9. The molecule has 0 radical (unpaired) electrons. The van der Waals surface area contributed by atoms with E-state index in [4.69, 9.17) is 16.3 Å². The minimum Gasteiger partial charge on any atom is -0.507 e. The Bertz CT molecular complexity index is 1280. The summed E-state index contributed by atoms with van der Waals surface area (Å²) < 4.78 is 7.35. The van der Waals surface area contributed by atoms with Crippen molar-refractivity contribution in [2.24, 2.45) is 7.05 Å². The number of carbonyl (C=O) groups is 2. The van der Waals surface area contributed by atoms with Crippen molar-refractivity contribution in [2.75, 3.05) is 34.3 Å². The number of halogens is 1. The van der Waals surface area contributed by atoms with Crippen LogP contribution in [0, 0.1) is 0 Å². The van der Waals surface area contributed by atoms with Crippen LogP contribution in [0.15, 0.2) is 54.2 Å². The fourth-order valence-electron chi connectivity index (χ4n) is 4.34. The van der Waals surface area contributed by atoms with Gasteiger partial charge < -0.3 is 24.2 Å². The minimum atomic E-state index is -0.750. The van der Waals surface area contributed by atoms with Crippen LogP contribution in [0.3, 0.4) is 0 Å². The number of likely N-dealkylation sites (N-methyl/N-ethyl adjacent to an activating group) is 1. The summed E-state index contributed by atoms with van der Waals surface area (Å²) in [6.45, 7) is 0.893. The van der Waals surface area contributed by atoms with Gasteiger partial charge in [-0.15, -0.1) is 0 Å². The molecule has 1 fully saturated rings. The lowest BCUT2D eigenvalue weighted by Crippen LogP contribution is -2.35. The monoisotopic (exact) mass is 467 g/mol. The van der Waals surface area contributed by atoms with E-state index in [-0.39, 0.29) is 16.9 Å². The van der Waals surface area contributed by atoms with Crippen molar-refractivity contribution < 1.29 is 19.4 Å². The third-order valence-corrected chi connectivity index (χ3v) is 6.20. The molecule has 1 saturated heterocycles. The van der Waals surface area contributed by atoms with Crippen molar-refractivity contribution in [3.05, 3.63) is 70.4 Å². The average molecular weight is 468 g/mol. The minimum absolute atomic E-state index is 0.0238. The lowest BCUT2D eigenvalue weighted by Gasteiger charge is -2.26. The number of aryl methyl sites for hydroxylation is 1. The molecule has 2 heterocycles. The number of aliphatic hydroxyl groups is 1. The average Bonchev–Trinajstić information content (AvgIpc) is 3.25. The van der Waals surface area contributed by atoms with E-state index in [0.29, 0.717) is 23.9 Å². The molecule has 8 heteroatoms. The molecular weight excluding hydrogens is 442 g/mol. The molecule has 4 rings (SSSR count). The number of ketones is 1. The van der Waals surface area contributed by atoms with Crippen molar-refractivity contribution in [2.45, 2.75) is 6.04 Å². The molecular formula is C25H26ClN3O4. The van der Waals surface area contributed by atoms with Crippen LogP contribution in [-0.2, 0) is 16.6 Å². The van der Waals surface area contributed by atoms with Crippen molar-refractivity contribution in [3.8, 4) is 5.75 Å². The number of ether oxygens (including phenoxy) is 1. The van der Waals surface area contributed by atoms with Gasteiger partial charge in [-0.05, 0) is 38.4 Å². The van der Waals surface area contributed by atoms with Crippen LogP contribution in [0.1, 0.15) is 17.2 Å². The summed E-state index contributed by atoms with van der Waals surface area (Å²) in [6, 6.07) is 11.8. The third-order valence-electron chi connectivity index (χ3n) is 5.97. The van der Waals surface area contributed by atoms with E-state index in [1.807, 2.05) is 61.1 Å². The highest BCUT2D eigenvalue weighted by molar-refractivity contribution is 6.46. The maximum absolute atomic E-state index is 13.3. The van der Waals surface area contributed by atoms with E-state index in [9.17, 15) is 14.7 Å². The zero-order valence-corrected chi connectivity index (χ0v) is 19.8. The first-order valence-electron chi connectivity index (χ1n) is 10.6. The summed E-state index contributed by atoms with van der Waals surface area (Å²) in [5, 5.41) is 12.7. The van der Waals surface area contributed by atoms with Crippen LogP contribution in [-0.4, -0.2) is 65.5 Å². The van der Waals surface area contributed by atoms with Gasteiger partial charge in [0.05, 0.1) is 24.3 Å². The van der Waals surface area contributed by atoms with Crippen LogP contribution in [0.2, 0.25) is 5.02 Å². The Morgan fingerprint density at radius 1 is 1.18 bits per heavy atom. The van der Waals surface area contributed by atoms with E-state index >= 15 is 0 Å². The Kier molecular flexibility index (Phi) is 6.19. The van der Waals surface area contributed by atoms with E-state index in [2.05, 4.69) is 0 Å². The number of hydrogen-bond acceptors (Lipinski definition) is 5. The summed E-state index contributed by atoms with van der Waals surface area (Å²) in [5.74, 6) is -1.32. The van der Waals surface area contributed by atoms with Gasteiger partial charge in [-0.3, -0.25) is 9.59 Å². The number of fused-ring (bicyclic) bond motifs is 1. The number of amides is 1. The summed E-state index contributed by atoms with van der Waals surface area (Å²) in [4.78, 5) is 29.9. The normalized spacial score (nSPS) is 18.0. The largest absolute Gasteiger partial charge is 0.507 e. The van der Waals surface area contributed by atoms with Crippen LogP contribution in [0.5, 0.6) is 5.75 Å². The highest BCUT2D eigenvalue weighted by atomic mass is 35.5. The predicted molar refractivity (Wildman–Crippen MR) is 128 cm³/mol. The van der Waals surface area contributed by atoms with Crippen LogP contribution < -0.4 is 4.74 Å². The van der Waals surface area contributed by atoms with Gasteiger partial charge in [0.1, 0.15) is 11.5 Å². The van der Waals surface area contributed by atoms with Crippen molar-refractivity contribution >= 4 is 40.0 Å². The molecule has 1 atom stereocenters. The topological polar surface area (TPSA) is 75.0 Å². The summed E-state index contributed by atoms with van der Waals surface area (Å²) in [6.07, 6.45) is 1.91. The van der Waals surface area contributed by atoms with Crippen molar-refractivity contribution in [1.82, 2.24) is 14.4 Å². The predicted octanol–water partition coefficient (Wildman–Crippen LogP) is 3.82. The Morgan fingerprint density at radius 2 is 1.91 bits per heavy atom. The Labute approximate surface area is 197 Å². The summed E-state index contributed by atoms with van der Waals surface area (Å²) in [5.41, 5.74) is 2.02. The number of methoxy groups -OCH3 is 1. The number of likely N-dealkylation sites (tertiary alicyclic amines) is 1. The Balaban J connectivity index is 1.98. The molecule has 0 spiro atoms. The number of nitrogens with zero attached hydrogens (tertiary/aromatic N) is 3. The number of aliphatic hydroxyl groups excluding tert-OH is 1. The van der Waals surface area contributed by atoms with Gasteiger partial charge in [0, 0.05) is 47.8 Å². The molecule has 3 aromatic rings. The summed E-state index contributed by atoms with van der Waals surface area (Å²) >= 11 is 6.18. The quantitative estimate of drug-likeness (QED) is 0.339. The number of hydrogen-bond donors (Lipinski definition) is 1. The highest BCUT2D eigenvalue weighted by Gasteiger charge is 2.47.